The van der Waals surface area contributed by atoms with Crippen molar-refractivity contribution in [3.05, 3.63) is 64.6 Å². The van der Waals surface area contributed by atoms with Gasteiger partial charge in [0.05, 0.1) is 19.9 Å². The van der Waals surface area contributed by atoms with Crippen molar-refractivity contribution in [2.45, 2.75) is 0 Å². The van der Waals surface area contributed by atoms with E-state index in [2.05, 4.69) is 0 Å². The van der Waals surface area contributed by atoms with Gasteiger partial charge in [0.1, 0.15) is 10.8 Å². The van der Waals surface area contributed by atoms with Crippen molar-refractivity contribution < 1.29 is 14.6 Å². The van der Waals surface area contributed by atoms with E-state index in [9.17, 15) is 20.2 Å². The van der Waals surface area contributed by atoms with Crippen LogP contribution in [0.3, 0.4) is 0 Å². The molecule has 0 spiro atoms. The molecular formula is C12H4Cl4N2O5. The number of ether oxygens (including phenoxy) is 1. The highest BCUT2D eigenvalue weighted by molar-refractivity contribution is 6.42. The van der Waals surface area contributed by atoms with E-state index in [0.717, 1.165) is 18.2 Å². The summed E-state index contributed by atoms with van der Waals surface area (Å²) in [5.41, 5.74) is -0.826. The monoisotopic (exact) mass is 396 g/mol. The number of halogens is 4. The lowest BCUT2D eigenvalue weighted by molar-refractivity contribution is -0.385. The van der Waals surface area contributed by atoms with Gasteiger partial charge < -0.3 is 4.74 Å². The molecule has 0 saturated heterocycles. The zero-order valence-corrected chi connectivity index (χ0v) is 13.8. The predicted octanol–water partition coefficient (Wildman–Crippen LogP) is 5.91. The molecule has 2 rings (SSSR count). The van der Waals surface area contributed by atoms with E-state index in [-0.39, 0.29) is 32.3 Å². The van der Waals surface area contributed by atoms with Crippen LogP contribution in [-0.4, -0.2) is 9.85 Å². The first-order chi connectivity index (χ1) is 10.7. The summed E-state index contributed by atoms with van der Waals surface area (Å²) in [6.07, 6.45) is 0. The Morgan fingerprint density at radius 1 is 0.870 bits per heavy atom. The van der Waals surface area contributed by atoms with Gasteiger partial charge in [-0.3, -0.25) is 20.2 Å². The summed E-state index contributed by atoms with van der Waals surface area (Å²) in [6.45, 7) is 0. The Kier molecular flexibility index (Phi) is 5.16. The van der Waals surface area contributed by atoms with Gasteiger partial charge >= 0.3 is 5.69 Å². The number of hydrogen-bond donors (Lipinski definition) is 0. The molecule has 0 radical (unpaired) electrons. The third kappa shape index (κ3) is 3.59. The number of nitro benzene ring substituents is 2. The normalized spacial score (nSPS) is 10.4. The Hall–Kier alpha value is -1.80. The Labute approximate surface area is 148 Å². The van der Waals surface area contributed by atoms with E-state index >= 15 is 0 Å². The molecule has 0 heterocycles. The Balaban J connectivity index is 2.51. The van der Waals surface area contributed by atoms with Crippen LogP contribution in [0.1, 0.15) is 0 Å². The van der Waals surface area contributed by atoms with Crippen molar-refractivity contribution in [3.8, 4) is 11.5 Å². The molecule has 0 bridgehead atoms. The highest BCUT2D eigenvalue weighted by Gasteiger charge is 2.26. The quantitative estimate of drug-likeness (QED) is 0.472. The Morgan fingerprint density at radius 3 is 2.04 bits per heavy atom. The summed E-state index contributed by atoms with van der Waals surface area (Å²) in [5, 5.41) is 20.8. The van der Waals surface area contributed by atoms with Crippen molar-refractivity contribution in [1.82, 2.24) is 0 Å². The van der Waals surface area contributed by atoms with E-state index in [1.165, 1.54) is 6.07 Å². The fourth-order valence-electron chi connectivity index (χ4n) is 1.62. The smallest absolute Gasteiger partial charge is 0.310 e. The molecule has 2 aromatic carbocycles. The van der Waals surface area contributed by atoms with Gasteiger partial charge in [-0.2, -0.15) is 0 Å². The van der Waals surface area contributed by atoms with Crippen LogP contribution in [-0.2, 0) is 0 Å². The number of rotatable bonds is 4. The Morgan fingerprint density at radius 2 is 1.52 bits per heavy atom. The van der Waals surface area contributed by atoms with E-state index in [4.69, 9.17) is 51.1 Å². The van der Waals surface area contributed by atoms with Gasteiger partial charge in [0.15, 0.2) is 10.8 Å². The molecule has 0 unspecified atom stereocenters. The lowest BCUT2D eigenvalue weighted by atomic mass is 10.2. The van der Waals surface area contributed by atoms with E-state index in [1.54, 1.807) is 0 Å². The van der Waals surface area contributed by atoms with Crippen molar-refractivity contribution in [2.75, 3.05) is 0 Å². The van der Waals surface area contributed by atoms with Crippen LogP contribution in [0.4, 0.5) is 11.4 Å². The highest BCUT2D eigenvalue weighted by atomic mass is 35.5. The minimum atomic E-state index is -0.786. The standard InChI is InChI=1S/C12H4Cl4N2O5/c13-6-3-5(17(19)20)1-2-9(6)23-12-8(15)4-7(14)11(10(12)16)18(21)22/h1-4H. The van der Waals surface area contributed by atoms with Gasteiger partial charge in [-0.25, -0.2) is 0 Å². The molecule has 0 aliphatic carbocycles. The number of hydrogen-bond acceptors (Lipinski definition) is 5. The molecule has 0 aliphatic rings. The molecule has 7 nitrogen and oxygen atoms in total. The van der Waals surface area contributed by atoms with Gasteiger partial charge in [-0.1, -0.05) is 46.4 Å². The summed E-state index contributed by atoms with van der Waals surface area (Å²) in [4.78, 5) is 20.2. The van der Waals surface area contributed by atoms with E-state index in [1.807, 2.05) is 0 Å². The fourth-order valence-corrected chi connectivity index (χ4v) is 2.81. The molecule has 0 fully saturated rings. The van der Waals surface area contributed by atoms with E-state index < -0.39 is 20.6 Å². The first-order valence-corrected chi connectivity index (χ1v) is 7.17. The van der Waals surface area contributed by atoms with E-state index in [0.29, 0.717) is 0 Å². The van der Waals surface area contributed by atoms with Gasteiger partial charge in [0, 0.05) is 12.1 Å². The topological polar surface area (TPSA) is 95.5 Å². The van der Waals surface area contributed by atoms with Gasteiger partial charge in [-0.05, 0) is 12.1 Å². The molecule has 11 heteroatoms. The molecule has 0 aromatic heterocycles. The maximum absolute atomic E-state index is 11.0. The maximum atomic E-state index is 11.0. The first kappa shape index (κ1) is 17.6. The van der Waals surface area contributed by atoms with Gasteiger partial charge in [0.2, 0.25) is 0 Å². The summed E-state index contributed by atoms with van der Waals surface area (Å²) in [6, 6.07) is 4.52. The average molecular weight is 398 g/mol. The van der Waals surface area contributed by atoms with Crippen LogP contribution >= 0.6 is 46.4 Å². The van der Waals surface area contributed by atoms with Crippen LogP contribution in [0.25, 0.3) is 0 Å². The minimum absolute atomic E-state index is 0.0160. The second kappa shape index (κ2) is 6.76. The molecule has 2 aromatic rings. The second-order valence-corrected chi connectivity index (χ2v) is 5.66. The van der Waals surface area contributed by atoms with Crippen molar-refractivity contribution >= 4 is 57.8 Å². The predicted molar refractivity (Wildman–Crippen MR) is 86.3 cm³/mol. The zero-order chi connectivity index (χ0) is 17.3. The molecule has 0 amide bonds. The molecule has 0 N–H and O–H groups in total. The van der Waals surface area contributed by atoms with Crippen LogP contribution in [0.5, 0.6) is 11.5 Å². The van der Waals surface area contributed by atoms with Crippen molar-refractivity contribution in [2.24, 2.45) is 0 Å². The zero-order valence-electron chi connectivity index (χ0n) is 10.8. The summed E-state index contributed by atoms with van der Waals surface area (Å²) in [5.74, 6) is -0.252. The van der Waals surface area contributed by atoms with Crippen LogP contribution < -0.4 is 4.74 Å². The van der Waals surface area contributed by atoms with Gasteiger partial charge in [-0.15, -0.1) is 0 Å². The summed E-state index contributed by atoms with van der Waals surface area (Å²) in [7, 11) is 0. The number of non-ortho nitro benzene ring substituents is 1. The van der Waals surface area contributed by atoms with Crippen molar-refractivity contribution in [1.29, 1.82) is 0 Å². The fraction of sp³-hybridized carbons (Fsp3) is 0. The lowest BCUT2D eigenvalue weighted by Gasteiger charge is -2.11. The van der Waals surface area contributed by atoms with Crippen LogP contribution in [0, 0.1) is 20.2 Å². The highest BCUT2D eigenvalue weighted by Crippen LogP contribution is 2.46. The second-order valence-electron chi connectivity index (χ2n) is 4.06. The van der Waals surface area contributed by atoms with Gasteiger partial charge in [0.25, 0.3) is 5.69 Å². The van der Waals surface area contributed by atoms with Crippen LogP contribution in [0.15, 0.2) is 24.3 Å². The largest absolute Gasteiger partial charge is 0.452 e. The van der Waals surface area contributed by atoms with Crippen LogP contribution in [0.2, 0.25) is 20.1 Å². The lowest BCUT2D eigenvalue weighted by Crippen LogP contribution is -1.95. The molecule has 23 heavy (non-hydrogen) atoms. The molecule has 120 valence electrons. The number of benzene rings is 2. The third-order valence-electron chi connectivity index (χ3n) is 2.62. The summed E-state index contributed by atoms with van der Waals surface area (Å²) < 4.78 is 5.37. The number of nitro groups is 2. The SMILES string of the molecule is O=[N+]([O-])c1ccc(Oc2c(Cl)cc(Cl)c([N+](=O)[O-])c2Cl)c(Cl)c1. The minimum Gasteiger partial charge on any atom is -0.452 e. The van der Waals surface area contributed by atoms with Crippen molar-refractivity contribution in [3.63, 3.8) is 0 Å². The molecule has 0 saturated carbocycles. The number of nitrogens with zero attached hydrogens (tertiary/aromatic N) is 2. The Bertz CT molecular complexity index is 828. The average Bonchev–Trinajstić information content (AvgIpc) is 2.43. The summed E-state index contributed by atoms with van der Waals surface area (Å²) >= 11 is 23.4. The molecule has 0 aliphatic heterocycles. The third-order valence-corrected chi connectivity index (χ3v) is 3.84. The first-order valence-electron chi connectivity index (χ1n) is 5.66. The molecular weight excluding hydrogens is 394 g/mol. The maximum Gasteiger partial charge on any atom is 0.310 e. The molecule has 0 atom stereocenters.